The van der Waals surface area contributed by atoms with E-state index in [1.807, 2.05) is 0 Å². The van der Waals surface area contributed by atoms with Crippen LogP contribution in [0.3, 0.4) is 0 Å². The predicted molar refractivity (Wildman–Crippen MR) is 73.4 cm³/mol. The second kappa shape index (κ2) is 25.9. The van der Waals surface area contributed by atoms with Crippen LogP contribution in [-0.2, 0) is 40.9 Å². The Morgan fingerprint density at radius 3 is 0.842 bits per heavy atom. The summed E-state index contributed by atoms with van der Waals surface area (Å²) in [6.45, 7) is 18.8. The molecule has 0 N–H and O–H groups in total. The van der Waals surface area contributed by atoms with Crippen molar-refractivity contribution in [2.24, 2.45) is 0 Å². The van der Waals surface area contributed by atoms with Gasteiger partial charge in [0, 0.05) is 24.4 Å². The molecule has 108 valence electrons. The minimum Gasteiger partial charge on any atom is -0.346 e. The number of hydrogen-bond acceptors (Lipinski definition) is 4. The summed E-state index contributed by atoms with van der Waals surface area (Å²) in [4.78, 5) is 39.8. The van der Waals surface area contributed by atoms with Gasteiger partial charge < -0.3 is 37.3 Å². The van der Waals surface area contributed by atoms with Crippen LogP contribution in [0, 0.1) is 27.7 Å². The zero-order valence-corrected chi connectivity index (χ0v) is 13.9. The Labute approximate surface area is 132 Å². The molecule has 0 unspecified atom stereocenters. The largest absolute Gasteiger partial charge is 4.00 e. The molecule has 0 rings (SSSR count). The molecule has 0 fully saturated rings. The maximum absolute atomic E-state index is 9.99. The summed E-state index contributed by atoms with van der Waals surface area (Å²) in [5.41, 5.74) is 0. The van der Waals surface area contributed by atoms with E-state index in [4.69, 9.17) is 0 Å². The topological polar surface area (TPSA) is 68.3 Å². The maximum atomic E-state index is 9.99. The summed E-state index contributed by atoms with van der Waals surface area (Å²) in [6, 6.07) is 0. The van der Waals surface area contributed by atoms with E-state index >= 15 is 0 Å². The Bertz CT molecular complexity index is 198. The van der Waals surface area contributed by atoms with Crippen LogP contribution in [-0.4, -0.2) is 23.1 Å². The Morgan fingerprint density at radius 2 is 0.842 bits per heavy atom. The molecule has 0 saturated heterocycles. The van der Waals surface area contributed by atoms with Crippen LogP contribution in [0.4, 0.5) is 0 Å². The van der Waals surface area contributed by atoms with Crippen LogP contribution in [0.5, 0.6) is 0 Å². The molecule has 4 nitrogen and oxygen atoms in total. The molecule has 0 aromatic rings. The fourth-order valence-electron chi connectivity index (χ4n) is 0.555. The fourth-order valence-corrected chi connectivity index (χ4v) is 0.555. The zero-order valence-electron chi connectivity index (χ0n) is 12.4. The van der Waals surface area contributed by atoms with Gasteiger partial charge in [-0.05, 0) is 13.8 Å². The second-order valence-corrected chi connectivity index (χ2v) is 2.83. The summed E-state index contributed by atoms with van der Waals surface area (Å²) in [5, 5.41) is 0. The molecule has 0 aliphatic heterocycles. The van der Waals surface area contributed by atoms with Crippen molar-refractivity contribution in [3.05, 3.63) is 27.7 Å². The van der Waals surface area contributed by atoms with E-state index in [1.165, 1.54) is 13.8 Å². The molecule has 19 heavy (non-hydrogen) atoms. The molecular formula is C14H24O4Ti. The second-order valence-electron chi connectivity index (χ2n) is 2.83. The molecule has 0 atom stereocenters. The van der Waals surface area contributed by atoms with Gasteiger partial charge in [-0.15, -0.1) is 0 Å². The number of rotatable bonds is 4. The van der Waals surface area contributed by atoms with Gasteiger partial charge in [0.15, 0.2) is 0 Å². The summed E-state index contributed by atoms with van der Waals surface area (Å²) in [5.74, 6) is -0.875. The van der Waals surface area contributed by atoms with Gasteiger partial charge in [-0.25, -0.2) is 0 Å². The average Bonchev–Trinajstić information content (AvgIpc) is 2.20. The van der Waals surface area contributed by atoms with Crippen LogP contribution < -0.4 is 0 Å². The van der Waals surface area contributed by atoms with Gasteiger partial charge in [0.2, 0.25) is 0 Å². The number of carbonyl (C=O) groups excluding carboxylic acids is 4. The van der Waals surface area contributed by atoms with Crippen LogP contribution in [0.15, 0.2) is 0 Å². The van der Waals surface area contributed by atoms with Gasteiger partial charge >= 0.3 is 21.7 Å². The van der Waals surface area contributed by atoms with Gasteiger partial charge in [0.1, 0.15) is 11.6 Å². The number of carbonyl (C=O) groups is 4. The van der Waals surface area contributed by atoms with Crippen LogP contribution in [0.1, 0.15) is 40.5 Å². The van der Waals surface area contributed by atoms with Gasteiger partial charge in [-0.2, -0.15) is 13.8 Å². The normalized spacial score (nSPS) is 6.63. The van der Waals surface area contributed by atoms with Gasteiger partial charge in [-0.3, -0.25) is 9.59 Å². The third-order valence-corrected chi connectivity index (χ3v) is 0.892. The van der Waals surface area contributed by atoms with Gasteiger partial charge in [0.05, 0.1) is 0 Å². The van der Waals surface area contributed by atoms with Crippen molar-refractivity contribution in [1.29, 1.82) is 0 Å². The van der Waals surface area contributed by atoms with Crippen molar-refractivity contribution in [1.82, 2.24) is 0 Å². The molecule has 0 amide bonds. The standard InChI is InChI=1S/2C5H7O2.2C2H5.Ti/c2*1-4(6)3-5(2)7;2*1-2;/h2*1,3H2,2H3;2*1H2,2H3;/q4*-1;+4. The van der Waals surface area contributed by atoms with E-state index in [-0.39, 0.29) is 57.7 Å². The van der Waals surface area contributed by atoms with Gasteiger partial charge in [0.25, 0.3) is 0 Å². The molecular weight excluding hydrogens is 280 g/mol. The first-order chi connectivity index (χ1) is 8.25. The summed E-state index contributed by atoms with van der Waals surface area (Å²) < 4.78 is 0. The Hall–Kier alpha value is -0.866. The summed E-state index contributed by atoms with van der Waals surface area (Å²) in [6.07, 6.45) is -0.0556. The quantitative estimate of drug-likeness (QED) is 0.454. The Balaban J connectivity index is -0.0000000522. The Kier molecular flexibility index (Phi) is 42.0. The fraction of sp³-hybridized carbons (Fsp3) is 0.429. The maximum Gasteiger partial charge on any atom is 4.00 e. The minimum absolute atomic E-state index is 0. The van der Waals surface area contributed by atoms with Gasteiger partial charge in [-0.1, -0.05) is 0 Å². The van der Waals surface area contributed by atoms with E-state index < -0.39 is 0 Å². The molecule has 0 saturated carbocycles. The van der Waals surface area contributed by atoms with Crippen molar-refractivity contribution in [3.8, 4) is 0 Å². The third kappa shape index (κ3) is 77.1. The number of hydrogen-bond donors (Lipinski definition) is 0. The first-order valence-electron chi connectivity index (χ1n) is 5.35. The molecule has 0 aliphatic rings. The minimum atomic E-state index is -0.312. The zero-order chi connectivity index (χ0) is 15.7. The molecule has 0 bridgehead atoms. The molecule has 0 aliphatic carbocycles. The first kappa shape index (κ1) is 30.9. The summed E-state index contributed by atoms with van der Waals surface area (Å²) >= 11 is 0. The smallest absolute Gasteiger partial charge is 0.346 e. The van der Waals surface area contributed by atoms with E-state index in [0.717, 1.165) is 0 Å². The molecule has 0 spiro atoms. The molecule has 0 radical (unpaired) electrons. The predicted octanol–water partition coefficient (Wildman–Crippen LogP) is 2.42. The SMILES string of the molecule is [CH2-]C.[CH2-]C.[CH2-]C(=O)CC(C)=O.[CH2-]C(=O)CC(C)=O.[Ti+4]. The third-order valence-electron chi connectivity index (χ3n) is 0.892. The summed E-state index contributed by atoms with van der Waals surface area (Å²) in [7, 11) is 0. The van der Waals surface area contributed by atoms with E-state index in [9.17, 15) is 19.2 Å². The van der Waals surface area contributed by atoms with Crippen molar-refractivity contribution in [2.45, 2.75) is 40.5 Å². The monoisotopic (exact) mass is 304 g/mol. The number of Topliss-reactive ketones (excluding diaryl/α,β-unsaturated/α-hetero) is 4. The van der Waals surface area contributed by atoms with Crippen LogP contribution in [0.25, 0.3) is 0 Å². The van der Waals surface area contributed by atoms with Crippen molar-refractivity contribution < 1.29 is 40.9 Å². The van der Waals surface area contributed by atoms with E-state index in [0.29, 0.717) is 0 Å². The van der Waals surface area contributed by atoms with Crippen molar-refractivity contribution in [2.75, 3.05) is 0 Å². The molecule has 5 heteroatoms. The molecule has 0 heterocycles. The van der Waals surface area contributed by atoms with Crippen molar-refractivity contribution in [3.63, 3.8) is 0 Å². The molecule has 0 aromatic heterocycles. The number of ketones is 4. The van der Waals surface area contributed by atoms with Crippen molar-refractivity contribution >= 4 is 23.1 Å². The first-order valence-corrected chi connectivity index (χ1v) is 5.35. The Morgan fingerprint density at radius 1 is 0.684 bits per heavy atom. The van der Waals surface area contributed by atoms with E-state index in [1.54, 1.807) is 13.8 Å². The average molecular weight is 304 g/mol. The van der Waals surface area contributed by atoms with E-state index in [2.05, 4.69) is 27.7 Å². The molecule has 0 aromatic carbocycles. The van der Waals surface area contributed by atoms with Crippen LogP contribution >= 0.6 is 0 Å². The van der Waals surface area contributed by atoms with Crippen LogP contribution in [0.2, 0.25) is 0 Å².